The second-order valence-electron chi connectivity index (χ2n) is 3.56. The van der Waals surface area contributed by atoms with E-state index in [1.54, 1.807) is 6.07 Å². The van der Waals surface area contributed by atoms with Gasteiger partial charge in [0.1, 0.15) is 17.3 Å². The molecular formula is C13H8Br3FO. The normalized spacial score (nSPS) is 10.4. The van der Waals surface area contributed by atoms with E-state index in [0.29, 0.717) is 15.6 Å². The average molecular weight is 439 g/mol. The maximum absolute atomic E-state index is 13.0. The molecule has 94 valence electrons. The van der Waals surface area contributed by atoms with Gasteiger partial charge in [0.2, 0.25) is 0 Å². The smallest absolute Gasteiger partial charge is 0.141 e. The lowest BCUT2D eigenvalue weighted by Gasteiger charge is -2.11. The van der Waals surface area contributed by atoms with Crippen LogP contribution in [-0.2, 0) is 5.33 Å². The van der Waals surface area contributed by atoms with Crippen molar-refractivity contribution < 1.29 is 9.13 Å². The topological polar surface area (TPSA) is 9.23 Å². The van der Waals surface area contributed by atoms with Crippen LogP contribution in [0.4, 0.5) is 4.39 Å². The van der Waals surface area contributed by atoms with E-state index in [1.807, 2.05) is 18.2 Å². The number of ether oxygens (including phenoxy) is 1. The van der Waals surface area contributed by atoms with E-state index in [-0.39, 0.29) is 5.82 Å². The number of alkyl halides is 1. The second kappa shape index (κ2) is 6.17. The molecule has 0 atom stereocenters. The van der Waals surface area contributed by atoms with Crippen LogP contribution in [0.3, 0.4) is 0 Å². The van der Waals surface area contributed by atoms with Gasteiger partial charge in [-0.3, -0.25) is 0 Å². The molecular weight excluding hydrogens is 431 g/mol. The molecule has 0 fully saturated rings. The number of benzene rings is 2. The van der Waals surface area contributed by atoms with Gasteiger partial charge in [0.15, 0.2) is 0 Å². The van der Waals surface area contributed by atoms with Crippen molar-refractivity contribution in [2.45, 2.75) is 5.33 Å². The summed E-state index contributed by atoms with van der Waals surface area (Å²) < 4.78 is 20.3. The molecule has 0 unspecified atom stereocenters. The molecule has 2 rings (SSSR count). The highest BCUT2D eigenvalue weighted by atomic mass is 79.9. The van der Waals surface area contributed by atoms with Crippen LogP contribution in [0.1, 0.15) is 5.56 Å². The molecule has 2 aromatic rings. The van der Waals surface area contributed by atoms with E-state index in [4.69, 9.17) is 4.74 Å². The van der Waals surface area contributed by atoms with Crippen LogP contribution in [0.2, 0.25) is 0 Å². The SMILES string of the molecule is Fc1ccc(Oc2cc(Br)ccc2CBr)c(Br)c1. The van der Waals surface area contributed by atoms with Gasteiger partial charge >= 0.3 is 0 Å². The predicted octanol–water partition coefficient (Wildman–Crippen LogP) is 6.04. The minimum atomic E-state index is -0.302. The van der Waals surface area contributed by atoms with Gasteiger partial charge in [0.05, 0.1) is 4.47 Å². The molecule has 0 radical (unpaired) electrons. The third kappa shape index (κ3) is 3.33. The van der Waals surface area contributed by atoms with Gasteiger partial charge in [0.25, 0.3) is 0 Å². The van der Waals surface area contributed by atoms with Gasteiger partial charge in [0, 0.05) is 15.4 Å². The molecule has 5 heteroatoms. The van der Waals surface area contributed by atoms with E-state index >= 15 is 0 Å². The lowest BCUT2D eigenvalue weighted by molar-refractivity contribution is 0.473. The second-order valence-corrected chi connectivity index (χ2v) is 5.89. The minimum absolute atomic E-state index is 0.302. The highest BCUT2D eigenvalue weighted by Gasteiger charge is 2.08. The summed E-state index contributed by atoms with van der Waals surface area (Å²) in [6.45, 7) is 0. The zero-order valence-corrected chi connectivity index (χ0v) is 13.8. The van der Waals surface area contributed by atoms with Crippen LogP contribution in [0.5, 0.6) is 11.5 Å². The van der Waals surface area contributed by atoms with Gasteiger partial charge in [-0.2, -0.15) is 0 Å². The Hall–Kier alpha value is -0.390. The van der Waals surface area contributed by atoms with Gasteiger partial charge < -0.3 is 4.74 Å². The standard InChI is InChI=1S/C13H8Br3FO/c14-7-8-1-2-9(15)5-13(8)18-12-4-3-10(17)6-11(12)16/h1-6H,7H2. The lowest BCUT2D eigenvalue weighted by Crippen LogP contribution is -1.91. The molecule has 0 aliphatic heterocycles. The molecule has 1 nitrogen and oxygen atoms in total. The fourth-order valence-electron chi connectivity index (χ4n) is 1.41. The maximum Gasteiger partial charge on any atom is 0.141 e. The Balaban J connectivity index is 2.36. The number of hydrogen-bond donors (Lipinski definition) is 0. The summed E-state index contributed by atoms with van der Waals surface area (Å²) in [4.78, 5) is 0. The lowest BCUT2D eigenvalue weighted by atomic mass is 10.2. The van der Waals surface area contributed by atoms with Crippen molar-refractivity contribution in [3.05, 3.63) is 56.7 Å². The molecule has 18 heavy (non-hydrogen) atoms. The summed E-state index contributed by atoms with van der Waals surface area (Å²) in [6, 6.07) is 10.1. The zero-order valence-electron chi connectivity index (χ0n) is 9.09. The van der Waals surface area contributed by atoms with Crippen LogP contribution in [-0.4, -0.2) is 0 Å². The highest BCUT2D eigenvalue weighted by molar-refractivity contribution is 9.10. The van der Waals surface area contributed by atoms with E-state index in [1.165, 1.54) is 12.1 Å². The van der Waals surface area contributed by atoms with Gasteiger partial charge in [-0.05, 0) is 46.3 Å². The summed E-state index contributed by atoms with van der Waals surface area (Å²) in [5.74, 6) is 1.01. The fourth-order valence-corrected chi connectivity index (χ4v) is 2.65. The van der Waals surface area contributed by atoms with Crippen molar-refractivity contribution in [2.75, 3.05) is 0 Å². The Morgan fingerprint density at radius 1 is 1.00 bits per heavy atom. The minimum Gasteiger partial charge on any atom is -0.456 e. The van der Waals surface area contributed by atoms with Crippen LogP contribution in [0.25, 0.3) is 0 Å². The van der Waals surface area contributed by atoms with Gasteiger partial charge in [-0.25, -0.2) is 4.39 Å². The van der Waals surface area contributed by atoms with E-state index in [0.717, 1.165) is 15.8 Å². The van der Waals surface area contributed by atoms with Crippen molar-refractivity contribution in [1.82, 2.24) is 0 Å². The Bertz CT molecular complexity index is 572. The first-order chi connectivity index (χ1) is 8.60. The summed E-state index contributed by atoms with van der Waals surface area (Å²) in [5, 5.41) is 0.689. The molecule has 0 aromatic heterocycles. The molecule has 0 aliphatic rings. The molecule has 0 bridgehead atoms. The van der Waals surface area contributed by atoms with E-state index in [9.17, 15) is 4.39 Å². The number of rotatable bonds is 3. The molecule has 0 aliphatic carbocycles. The first kappa shape index (κ1) is 14.0. The van der Waals surface area contributed by atoms with Crippen LogP contribution < -0.4 is 4.74 Å². The Labute approximate surface area is 130 Å². The summed E-state index contributed by atoms with van der Waals surface area (Å²) in [5.41, 5.74) is 1.02. The molecule has 0 amide bonds. The Morgan fingerprint density at radius 2 is 1.78 bits per heavy atom. The number of halogens is 4. The third-order valence-electron chi connectivity index (χ3n) is 2.29. The zero-order chi connectivity index (χ0) is 13.1. The van der Waals surface area contributed by atoms with Crippen molar-refractivity contribution >= 4 is 47.8 Å². The number of hydrogen-bond acceptors (Lipinski definition) is 1. The fraction of sp³-hybridized carbons (Fsp3) is 0.0769. The van der Waals surface area contributed by atoms with Crippen molar-refractivity contribution in [3.8, 4) is 11.5 Å². The highest BCUT2D eigenvalue weighted by Crippen LogP contribution is 2.34. The molecule has 2 aromatic carbocycles. The first-order valence-corrected chi connectivity index (χ1v) is 7.78. The Kier molecular flexibility index (Phi) is 4.81. The monoisotopic (exact) mass is 436 g/mol. The van der Waals surface area contributed by atoms with Crippen LogP contribution >= 0.6 is 47.8 Å². The third-order valence-corrected chi connectivity index (χ3v) is 4.00. The predicted molar refractivity (Wildman–Crippen MR) is 80.9 cm³/mol. The molecule has 0 spiro atoms. The van der Waals surface area contributed by atoms with Crippen LogP contribution in [0, 0.1) is 5.82 Å². The molecule has 0 heterocycles. The Morgan fingerprint density at radius 3 is 2.44 bits per heavy atom. The van der Waals surface area contributed by atoms with Crippen LogP contribution in [0.15, 0.2) is 45.3 Å². The van der Waals surface area contributed by atoms with Crippen molar-refractivity contribution in [2.24, 2.45) is 0 Å². The summed E-state index contributed by atoms with van der Waals surface area (Å²) >= 11 is 10.1. The van der Waals surface area contributed by atoms with E-state index < -0.39 is 0 Å². The van der Waals surface area contributed by atoms with Crippen molar-refractivity contribution in [3.63, 3.8) is 0 Å². The van der Waals surface area contributed by atoms with Crippen molar-refractivity contribution in [1.29, 1.82) is 0 Å². The van der Waals surface area contributed by atoms with Gasteiger partial charge in [-0.15, -0.1) is 0 Å². The average Bonchev–Trinajstić information content (AvgIpc) is 2.33. The summed E-state index contributed by atoms with van der Waals surface area (Å²) in [7, 11) is 0. The summed E-state index contributed by atoms with van der Waals surface area (Å²) in [6.07, 6.45) is 0. The molecule has 0 N–H and O–H groups in total. The quantitative estimate of drug-likeness (QED) is 0.531. The largest absolute Gasteiger partial charge is 0.456 e. The molecule has 0 saturated heterocycles. The maximum atomic E-state index is 13.0. The van der Waals surface area contributed by atoms with Gasteiger partial charge in [-0.1, -0.05) is 37.9 Å². The van der Waals surface area contributed by atoms with E-state index in [2.05, 4.69) is 47.8 Å². The molecule has 0 saturated carbocycles. The first-order valence-electron chi connectivity index (χ1n) is 5.07.